The van der Waals surface area contributed by atoms with Crippen LogP contribution >= 0.6 is 15.9 Å². The molecule has 2 aromatic rings. The average Bonchev–Trinajstić information content (AvgIpc) is 2.49. The Bertz CT molecular complexity index is 772. The molecule has 7 heteroatoms. The van der Waals surface area contributed by atoms with E-state index in [0.717, 1.165) is 20.9 Å². The Balaban J connectivity index is 2.09. The Labute approximate surface area is 156 Å². The van der Waals surface area contributed by atoms with E-state index >= 15 is 0 Å². The lowest BCUT2D eigenvalue weighted by atomic mass is 10.1. The van der Waals surface area contributed by atoms with Gasteiger partial charge in [0.25, 0.3) is 0 Å². The van der Waals surface area contributed by atoms with Crippen molar-refractivity contribution in [3.63, 3.8) is 0 Å². The van der Waals surface area contributed by atoms with Crippen LogP contribution in [0.2, 0.25) is 0 Å². The molecule has 0 radical (unpaired) electrons. The summed E-state index contributed by atoms with van der Waals surface area (Å²) in [5.74, 6) is 1.19. The fourth-order valence-corrected chi connectivity index (χ4v) is 2.76. The van der Waals surface area contributed by atoms with Crippen molar-refractivity contribution in [3.05, 3.63) is 28.0 Å². The molecule has 0 saturated carbocycles. The van der Waals surface area contributed by atoms with Crippen LogP contribution in [0.1, 0.15) is 39.1 Å². The Hall–Kier alpha value is -1.89. The Morgan fingerprint density at radius 3 is 2.56 bits per heavy atom. The second kappa shape index (κ2) is 7.99. The monoisotopic (exact) mass is 410 g/mol. The molecule has 25 heavy (non-hydrogen) atoms. The minimum Gasteiger partial charge on any atom is -0.474 e. The number of benzene rings is 1. The second-order valence-corrected chi connectivity index (χ2v) is 7.49. The molecule has 0 saturated heterocycles. The van der Waals surface area contributed by atoms with E-state index in [9.17, 15) is 4.79 Å². The Morgan fingerprint density at radius 2 is 1.92 bits per heavy atom. The largest absolute Gasteiger partial charge is 0.508 e. The van der Waals surface area contributed by atoms with Crippen molar-refractivity contribution in [1.82, 2.24) is 9.97 Å². The summed E-state index contributed by atoms with van der Waals surface area (Å²) in [5, 5.41) is 0.821. The van der Waals surface area contributed by atoms with Gasteiger partial charge in [-0.05, 0) is 45.4 Å². The van der Waals surface area contributed by atoms with Gasteiger partial charge in [0.05, 0.1) is 10.9 Å². The van der Waals surface area contributed by atoms with E-state index in [1.165, 1.54) is 0 Å². The molecular formula is C18H23BrN2O4. The fraction of sp³-hybridized carbons (Fsp3) is 0.500. The molecule has 2 rings (SSSR count). The predicted octanol–water partition coefficient (Wildman–Crippen LogP) is 4.59. The standard InChI is InChI=1S/C18H23BrN2O4/c1-6-14-20-15-11(2)9-12(19)10-13(15)16(21-14)23-7-8-24-17(22)25-18(3,4)5/h9-10H,6-8H2,1-5H3. The zero-order valence-electron chi connectivity index (χ0n) is 15.2. The highest BCUT2D eigenvalue weighted by Crippen LogP contribution is 2.29. The third-order valence-electron chi connectivity index (χ3n) is 3.21. The van der Waals surface area contributed by atoms with Gasteiger partial charge in [-0.25, -0.2) is 9.78 Å². The normalized spacial score (nSPS) is 11.4. The van der Waals surface area contributed by atoms with Crippen molar-refractivity contribution in [2.24, 2.45) is 0 Å². The summed E-state index contributed by atoms with van der Waals surface area (Å²) in [6.07, 6.45) is -0.00702. The van der Waals surface area contributed by atoms with Gasteiger partial charge in [0.1, 0.15) is 24.6 Å². The number of fused-ring (bicyclic) bond motifs is 1. The first-order chi connectivity index (χ1) is 11.7. The summed E-state index contributed by atoms with van der Waals surface area (Å²) < 4.78 is 16.8. The van der Waals surface area contributed by atoms with Crippen molar-refractivity contribution in [2.45, 2.75) is 46.6 Å². The molecule has 6 nitrogen and oxygen atoms in total. The lowest BCUT2D eigenvalue weighted by Gasteiger charge is -2.18. The van der Waals surface area contributed by atoms with Crippen LogP contribution in [0.15, 0.2) is 16.6 Å². The SMILES string of the molecule is CCc1nc(OCCOC(=O)OC(C)(C)C)c2cc(Br)cc(C)c2n1. The van der Waals surface area contributed by atoms with E-state index < -0.39 is 11.8 Å². The lowest BCUT2D eigenvalue weighted by Crippen LogP contribution is -2.25. The molecule has 0 bridgehead atoms. The number of carbonyl (C=O) groups excluding carboxylic acids is 1. The number of ether oxygens (including phenoxy) is 3. The minimum absolute atomic E-state index is 0.0782. The molecule has 0 unspecified atom stereocenters. The van der Waals surface area contributed by atoms with Gasteiger partial charge >= 0.3 is 6.16 Å². The average molecular weight is 411 g/mol. The topological polar surface area (TPSA) is 70.5 Å². The van der Waals surface area contributed by atoms with Gasteiger partial charge in [0.2, 0.25) is 5.88 Å². The van der Waals surface area contributed by atoms with Crippen molar-refractivity contribution in [3.8, 4) is 5.88 Å². The van der Waals surface area contributed by atoms with E-state index in [4.69, 9.17) is 14.2 Å². The molecule has 1 aromatic heterocycles. The summed E-state index contributed by atoms with van der Waals surface area (Å²) in [6.45, 7) is 9.59. The lowest BCUT2D eigenvalue weighted by molar-refractivity contribution is -0.0115. The van der Waals surface area contributed by atoms with Crippen LogP contribution in [0.4, 0.5) is 4.79 Å². The highest BCUT2D eigenvalue weighted by atomic mass is 79.9. The highest BCUT2D eigenvalue weighted by molar-refractivity contribution is 9.10. The Morgan fingerprint density at radius 1 is 1.20 bits per heavy atom. The van der Waals surface area contributed by atoms with E-state index in [2.05, 4.69) is 25.9 Å². The first-order valence-electron chi connectivity index (χ1n) is 8.15. The molecular weight excluding hydrogens is 388 g/mol. The number of hydrogen-bond acceptors (Lipinski definition) is 6. The number of aromatic nitrogens is 2. The summed E-state index contributed by atoms with van der Waals surface area (Å²) in [6, 6.07) is 3.93. The van der Waals surface area contributed by atoms with E-state index in [-0.39, 0.29) is 13.2 Å². The van der Waals surface area contributed by atoms with Gasteiger partial charge in [-0.15, -0.1) is 0 Å². The summed E-state index contributed by atoms with van der Waals surface area (Å²) in [5.41, 5.74) is 1.31. The number of rotatable bonds is 5. The van der Waals surface area contributed by atoms with Crippen molar-refractivity contribution < 1.29 is 19.0 Å². The Kier molecular flexibility index (Phi) is 6.21. The van der Waals surface area contributed by atoms with E-state index in [1.54, 1.807) is 20.8 Å². The number of carbonyl (C=O) groups is 1. The third-order valence-corrected chi connectivity index (χ3v) is 3.67. The fourth-order valence-electron chi connectivity index (χ4n) is 2.19. The predicted molar refractivity (Wildman–Crippen MR) is 99.0 cm³/mol. The zero-order chi connectivity index (χ0) is 18.6. The molecule has 136 valence electrons. The van der Waals surface area contributed by atoms with E-state index in [1.807, 2.05) is 26.0 Å². The molecule has 1 aromatic carbocycles. The molecule has 0 N–H and O–H groups in total. The minimum atomic E-state index is -0.712. The van der Waals surface area contributed by atoms with Gasteiger partial charge in [0.15, 0.2) is 0 Å². The number of hydrogen-bond donors (Lipinski definition) is 0. The number of nitrogens with zero attached hydrogens (tertiary/aromatic N) is 2. The molecule has 0 spiro atoms. The smallest absolute Gasteiger partial charge is 0.474 e. The summed E-state index contributed by atoms with van der Waals surface area (Å²) >= 11 is 3.48. The first-order valence-corrected chi connectivity index (χ1v) is 8.94. The molecule has 1 heterocycles. The first kappa shape index (κ1) is 19.4. The van der Waals surface area contributed by atoms with Crippen molar-refractivity contribution in [1.29, 1.82) is 0 Å². The maximum Gasteiger partial charge on any atom is 0.508 e. The summed E-state index contributed by atoms with van der Waals surface area (Å²) in [7, 11) is 0. The number of halogens is 1. The van der Waals surface area contributed by atoms with Crippen LogP contribution < -0.4 is 4.74 Å². The van der Waals surface area contributed by atoms with Crippen LogP contribution in [0.5, 0.6) is 5.88 Å². The molecule has 0 aliphatic heterocycles. The van der Waals surface area contributed by atoms with Gasteiger partial charge in [-0.2, -0.15) is 4.98 Å². The van der Waals surface area contributed by atoms with Crippen LogP contribution in [-0.4, -0.2) is 34.9 Å². The maximum absolute atomic E-state index is 11.5. The van der Waals surface area contributed by atoms with Crippen molar-refractivity contribution >= 4 is 33.0 Å². The van der Waals surface area contributed by atoms with Gasteiger partial charge in [-0.3, -0.25) is 0 Å². The molecule has 0 amide bonds. The van der Waals surface area contributed by atoms with Crippen LogP contribution in [-0.2, 0) is 15.9 Å². The van der Waals surface area contributed by atoms with Gasteiger partial charge in [-0.1, -0.05) is 22.9 Å². The zero-order valence-corrected chi connectivity index (χ0v) is 16.8. The third kappa shape index (κ3) is 5.56. The highest BCUT2D eigenvalue weighted by Gasteiger charge is 2.17. The van der Waals surface area contributed by atoms with Gasteiger partial charge < -0.3 is 14.2 Å². The van der Waals surface area contributed by atoms with Crippen LogP contribution in [0.3, 0.4) is 0 Å². The van der Waals surface area contributed by atoms with E-state index in [0.29, 0.717) is 18.1 Å². The van der Waals surface area contributed by atoms with Gasteiger partial charge in [0, 0.05) is 10.9 Å². The maximum atomic E-state index is 11.5. The quantitative estimate of drug-likeness (QED) is 0.529. The summed E-state index contributed by atoms with van der Waals surface area (Å²) in [4.78, 5) is 20.6. The van der Waals surface area contributed by atoms with Crippen LogP contribution in [0.25, 0.3) is 10.9 Å². The molecule has 0 aliphatic rings. The molecule has 0 aliphatic carbocycles. The number of aryl methyl sites for hydroxylation is 2. The second-order valence-electron chi connectivity index (χ2n) is 6.58. The molecule has 0 fully saturated rings. The van der Waals surface area contributed by atoms with Crippen molar-refractivity contribution in [2.75, 3.05) is 13.2 Å². The molecule has 0 atom stereocenters. The van der Waals surface area contributed by atoms with Crippen LogP contribution in [0, 0.1) is 6.92 Å².